The Labute approximate surface area is 106 Å². The van der Waals surface area contributed by atoms with Crippen molar-refractivity contribution in [3.63, 3.8) is 0 Å². The van der Waals surface area contributed by atoms with Crippen molar-refractivity contribution in [1.82, 2.24) is 4.98 Å². The summed E-state index contributed by atoms with van der Waals surface area (Å²) in [4.78, 5) is 6.47. The summed E-state index contributed by atoms with van der Waals surface area (Å²) >= 11 is 3.49. The maximum Gasteiger partial charge on any atom is 0.214 e. The second kappa shape index (κ2) is 7.49. The number of pyridine rings is 1. The van der Waals surface area contributed by atoms with Crippen molar-refractivity contribution in [3.8, 4) is 5.88 Å². The van der Waals surface area contributed by atoms with E-state index in [1.807, 2.05) is 12.1 Å². The lowest BCUT2D eigenvalue weighted by Gasteiger charge is -2.23. The van der Waals surface area contributed by atoms with E-state index in [0.717, 1.165) is 18.4 Å². The van der Waals surface area contributed by atoms with Crippen LogP contribution in [0.2, 0.25) is 0 Å². The van der Waals surface area contributed by atoms with Gasteiger partial charge in [-0.3, -0.25) is 0 Å². The molecule has 0 amide bonds. The van der Waals surface area contributed by atoms with Crippen molar-refractivity contribution in [2.24, 2.45) is 0 Å². The Morgan fingerprint density at radius 3 is 2.88 bits per heavy atom. The van der Waals surface area contributed by atoms with E-state index in [0.29, 0.717) is 5.88 Å². The average molecular weight is 287 g/mol. The predicted octanol–water partition coefficient (Wildman–Crippen LogP) is 3.09. The molecular weight excluding hydrogens is 268 g/mol. The van der Waals surface area contributed by atoms with E-state index in [4.69, 9.17) is 4.74 Å². The van der Waals surface area contributed by atoms with Gasteiger partial charge in [-0.25, -0.2) is 4.98 Å². The maximum atomic E-state index is 5.14. The molecule has 0 spiro atoms. The van der Waals surface area contributed by atoms with Crippen LogP contribution in [0, 0.1) is 0 Å². The van der Waals surface area contributed by atoms with Crippen molar-refractivity contribution in [2.75, 3.05) is 30.4 Å². The fourth-order valence-corrected chi connectivity index (χ4v) is 1.96. The Morgan fingerprint density at radius 1 is 1.44 bits per heavy atom. The van der Waals surface area contributed by atoms with Crippen LogP contribution in [0.3, 0.4) is 0 Å². The lowest BCUT2D eigenvalue weighted by molar-refractivity contribution is 0.398. The second-order valence-electron chi connectivity index (χ2n) is 3.59. The summed E-state index contributed by atoms with van der Waals surface area (Å²) in [7, 11) is 1.65. The molecular formula is C12H19BrN2O. The highest BCUT2D eigenvalue weighted by molar-refractivity contribution is 9.09. The van der Waals surface area contributed by atoms with Gasteiger partial charge in [-0.05, 0) is 12.5 Å². The molecule has 0 aliphatic rings. The predicted molar refractivity (Wildman–Crippen MR) is 71.7 cm³/mol. The van der Waals surface area contributed by atoms with E-state index in [-0.39, 0.29) is 0 Å². The van der Waals surface area contributed by atoms with Gasteiger partial charge in [-0.15, -0.1) is 0 Å². The Morgan fingerprint density at radius 2 is 2.25 bits per heavy atom. The number of ether oxygens (including phenoxy) is 1. The maximum absolute atomic E-state index is 5.14. The second-order valence-corrected chi connectivity index (χ2v) is 4.38. The van der Waals surface area contributed by atoms with Gasteiger partial charge in [0.15, 0.2) is 0 Å². The average Bonchev–Trinajstić information content (AvgIpc) is 2.34. The molecule has 0 radical (unpaired) electrons. The fraction of sp³-hybridized carbons (Fsp3) is 0.583. The van der Waals surface area contributed by atoms with Gasteiger partial charge in [0.1, 0.15) is 0 Å². The number of aromatic nitrogens is 1. The molecule has 0 aliphatic carbocycles. The standard InChI is InChI=1S/C12H19BrN2O/c1-3-4-8-15(9-6-13)11-5-7-14-12(10-11)16-2/h5,7,10H,3-4,6,8-9H2,1-2H3. The van der Waals surface area contributed by atoms with E-state index >= 15 is 0 Å². The molecule has 4 heteroatoms. The van der Waals surface area contributed by atoms with Crippen molar-refractivity contribution < 1.29 is 4.74 Å². The van der Waals surface area contributed by atoms with Crippen LogP contribution in [-0.2, 0) is 0 Å². The van der Waals surface area contributed by atoms with Crippen molar-refractivity contribution >= 4 is 21.6 Å². The Hall–Kier alpha value is -0.770. The van der Waals surface area contributed by atoms with Crippen LogP contribution in [0.5, 0.6) is 5.88 Å². The first-order chi connectivity index (χ1) is 7.81. The van der Waals surface area contributed by atoms with Crippen LogP contribution < -0.4 is 9.64 Å². The van der Waals surface area contributed by atoms with Gasteiger partial charge >= 0.3 is 0 Å². The summed E-state index contributed by atoms with van der Waals surface area (Å²) in [6.07, 6.45) is 4.21. The summed E-state index contributed by atoms with van der Waals surface area (Å²) in [5, 5.41) is 0.974. The molecule has 0 N–H and O–H groups in total. The molecule has 90 valence electrons. The highest BCUT2D eigenvalue weighted by atomic mass is 79.9. The Bertz CT molecular complexity index is 307. The number of methoxy groups -OCH3 is 1. The molecule has 0 atom stereocenters. The minimum atomic E-state index is 0.675. The molecule has 0 saturated heterocycles. The molecule has 0 saturated carbocycles. The minimum absolute atomic E-state index is 0.675. The highest BCUT2D eigenvalue weighted by Gasteiger charge is 2.06. The number of nitrogens with zero attached hydrogens (tertiary/aromatic N) is 2. The van der Waals surface area contributed by atoms with Crippen LogP contribution in [0.4, 0.5) is 5.69 Å². The highest BCUT2D eigenvalue weighted by Crippen LogP contribution is 2.19. The SMILES string of the molecule is CCCCN(CCBr)c1ccnc(OC)c1. The first-order valence-electron chi connectivity index (χ1n) is 5.62. The summed E-state index contributed by atoms with van der Waals surface area (Å²) in [5.41, 5.74) is 1.18. The summed E-state index contributed by atoms with van der Waals surface area (Å²) in [6, 6.07) is 4.01. The molecule has 16 heavy (non-hydrogen) atoms. The molecule has 0 aliphatic heterocycles. The van der Waals surface area contributed by atoms with Crippen molar-refractivity contribution in [1.29, 1.82) is 0 Å². The lowest BCUT2D eigenvalue weighted by Crippen LogP contribution is -2.26. The summed E-state index contributed by atoms with van der Waals surface area (Å²) in [6.45, 7) is 4.29. The van der Waals surface area contributed by atoms with Gasteiger partial charge in [-0.2, -0.15) is 0 Å². The van der Waals surface area contributed by atoms with Crippen LogP contribution >= 0.6 is 15.9 Å². The number of anilines is 1. The molecule has 0 aromatic carbocycles. The first kappa shape index (κ1) is 13.3. The fourth-order valence-electron chi connectivity index (χ4n) is 1.53. The molecule has 3 nitrogen and oxygen atoms in total. The van der Waals surface area contributed by atoms with Gasteiger partial charge < -0.3 is 9.64 Å². The van der Waals surface area contributed by atoms with Gasteiger partial charge in [0.05, 0.1) is 7.11 Å². The third-order valence-electron chi connectivity index (χ3n) is 2.43. The first-order valence-corrected chi connectivity index (χ1v) is 6.75. The molecule has 1 rings (SSSR count). The molecule has 1 aromatic rings. The summed E-state index contributed by atoms with van der Waals surface area (Å²) in [5.74, 6) is 0.675. The summed E-state index contributed by atoms with van der Waals surface area (Å²) < 4.78 is 5.14. The quantitative estimate of drug-likeness (QED) is 0.721. The molecule has 0 bridgehead atoms. The van der Waals surface area contributed by atoms with Gasteiger partial charge in [0.25, 0.3) is 0 Å². The Balaban J connectivity index is 2.73. The largest absolute Gasteiger partial charge is 0.481 e. The van der Waals surface area contributed by atoms with E-state index in [2.05, 4.69) is 32.7 Å². The minimum Gasteiger partial charge on any atom is -0.481 e. The topological polar surface area (TPSA) is 25.4 Å². The number of halogens is 1. The third-order valence-corrected chi connectivity index (χ3v) is 2.78. The number of unbranched alkanes of at least 4 members (excludes halogenated alkanes) is 1. The molecule has 1 heterocycles. The third kappa shape index (κ3) is 4.00. The van der Waals surface area contributed by atoms with Crippen molar-refractivity contribution in [3.05, 3.63) is 18.3 Å². The van der Waals surface area contributed by atoms with Crippen molar-refractivity contribution in [2.45, 2.75) is 19.8 Å². The van der Waals surface area contributed by atoms with Crippen LogP contribution in [-0.4, -0.2) is 30.5 Å². The van der Waals surface area contributed by atoms with Crippen LogP contribution in [0.15, 0.2) is 18.3 Å². The lowest BCUT2D eigenvalue weighted by atomic mass is 10.3. The Kier molecular flexibility index (Phi) is 6.23. The van der Waals surface area contributed by atoms with Crippen LogP contribution in [0.1, 0.15) is 19.8 Å². The zero-order chi connectivity index (χ0) is 11.8. The normalized spacial score (nSPS) is 10.2. The zero-order valence-corrected chi connectivity index (χ0v) is 11.5. The van der Waals surface area contributed by atoms with E-state index in [9.17, 15) is 0 Å². The van der Waals surface area contributed by atoms with Gasteiger partial charge in [0.2, 0.25) is 5.88 Å². The van der Waals surface area contributed by atoms with E-state index < -0.39 is 0 Å². The number of rotatable bonds is 7. The zero-order valence-electron chi connectivity index (χ0n) is 9.95. The number of hydrogen-bond acceptors (Lipinski definition) is 3. The van der Waals surface area contributed by atoms with Gasteiger partial charge in [0, 0.05) is 36.4 Å². The molecule has 1 aromatic heterocycles. The smallest absolute Gasteiger partial charge is 0.214 e. The molecule has 0 fully saturated rings. The van der Waals surface area contributed by atoms with Crippen LogP contribution in [0.25, 0.3) is 0 Å². The number of hydrogen-bond donors (Lipinski definition) is 0. The van der Waals surface area contributed by atoms with E-state index in [1.54, 1.807) is 13.3 Å². The number of alkyl halides is 1. The van der Waals surface area contributed by atoms with Gasteiger partial charge in [-0.1, -0.05) is 29.3 Å². The van der Waals surface area contributed by atoms with E-state index in [1.165, 1.54) is 18.5 Å². The molecule has 0 unspecified atom stereocenters. The monoisotopic (exact) mass is 286 g/mol.